The largest absolute Gasteiger partial charge is 0.317 e. The summed E-state index contributed by atoms with van der Waals surface area (Å²) in [6.45, 7) is 10.5. The van der Waals surface area contributed by atoms with E-state index in [1.807, 2.05) is 51.8 Å². The fourth-order valence-electron chi connectivity index (χ4n) is 1.03. The van der Waals surface area contributed by atoms with Crippen LogP contribution in [0.25, 0.3) is 0 Å². The lowest BCUT2D eigenvalue weighted by molar-refractivity contribution is 0.520. The van der Waals surface area contributed by atoms with Gasteiger partial charge in [0.2, 0.25) is 0 Å². The Hall–Kier alpha value is -0.700. The lowest BCUT2D eigenvalue weighted by Gasteiger charge is -2.08. The van der Waals surface area contributed by atoms with Crippen LogP contribution >= 0.6 is 0 Å². The summed E-state index contributed by atoms with van der Waals surface area (Å²) >= 11 is 0. The van der Waals surface area contributed by atoms with Crippen molar-refractivity contribution in [3.8, 4) is 0 Å². The maximum Gasteiger partial charge on any atom is 0.0382 e. The zero-order valence-electron chi connectivity index (χ0n) is 11.1. The predicted octanol–water partition coefficient (Wildman–Crippen LogP) is 3.17. The summed E-state index contributed by atoms with van der Waals surface area (Å²) in [5.41, 5.74) is 0. The topological polar surface area (TPSA) is 32.8 Å². The van der Waals surface area contributed by atoms with Gasteiger partial charge in [0.05, 0.1) is 0 Å². The van der Waals surface area contributed by atoms with Crippen molar-refractivity contribution < 1.29 is 0 Å². The highest BCUT2D eigenvalue weighted by Gasteiger charge is 1.93. The highest BCUT2D eigenvalue weighted by atomic mass is 15.3. The van der Waals surface area contributed by atoms with Gasteiger partial charge in [-0.3, -0.25) is 4.68 Å². The van der Waals surface area contributed by atoms with Gasteiger partial charge in [0.1, 0.15) is 0 Å². The van der Waals surface area contributed by atoms with Gasteiger partial charge in [-0.15, -0.1) is 0 Å². The third-order valence-corrected chi connectivity index (χ3v) is 1.78. The number of rotatable bonds is 0. The second-order valence-corrected chi connectivity index (χ2v) is 2.87. The molecule has 2 N–H and O–H groups in total. The van der Waals surface area contributed by atoms with E-state index < -0.39 is 0 Å². The predicted molar refractivity (Wildman–Crippen MR) is 69.2 cm³/mol. The number of H-pyrrole nitrogens is 1. The minimum absolute atomic E-state index is 1.25. The number of hydrogen-bond acceptors (Lipinski definition) is 1. The molecule has 3 heteroatoms. The molecule has 0 bridgehead atoms. The quantitative estimate of drug-likeness (QED) is 0.684. The maximum atomic E-state index is 3.28. The molecule has 0 amide bonds. The van der Waals surface area contributed by atoms with Crippen molar-refractivity contribution in [1.82, 2.24) is 15.1 Å². The van der Waals surface area contributed by atoms with Crippen molar-refractivity contribution in [2.24, 2.45) is 7.05 Å². The molecule has 0 spiro atoms. The van der Waals surface area contributed by atoms with E-state index in [4.69, 9.17) is 0 Å². The first-order valence-corrected chi connectivity index (χ1v) is 6.26. The summed E-state index contributed by atoms with van der Waals surface area (Å²) in [6.07, 6.45) is 8.03. The molecule has 1 aromatic rings. The Morgan fingerprint density at radius 1 is 0.933 bits per heavy atom. The van der Waals surface area contributed by atoms with Crippen LogP contribution in [0.3, 0.4) is 0 Å². The van der Waals surface area contributed by atoms with Crippen LogP contribution in [-0.4, -0.2) is 22.9 Å². The smallest absolute Gasteiger partial charge is 0.0382 e. The van der Waals surface area contributed by atoms with Crippen molar-refractivity contribution in [3.05, 3.63) is 12.4 Å². The van der Waals surface area contributed by atoms with Crippen molar-refractivity contribution >= 4 is 0 Å². The summed E-state index contributed by atoms with van der Waals surface area (Å²) in [5, 5.41) is 6.15. The second kappa shape index (κ2) is 15.8. The molecule has 0 aliphatic carbocycles. The van der Waals surface area contributed by atoms with Gasteiger partial charge in [-0.25, -0.2) is 0 Å². The van der Waals surface area contributed by atoms with Crippen LogP contribution in [0.15, 0.2) is 12.4 Å². The molecule has 1 aliphatic rings. The molecule has 1 saturated heterocycles. The molecule has 2 heterocycles. The van der Waals surface area contributed by atoms with Crippen molar-refractivity contribution in [2.45, 2.75) is 47.0 Å². The van der Waals surface area contributed by atoms with Gasteiger partial charge in [0.15, 0.2) is 0 Å². The van der Waals surface area contributed by atoms with Gasteiger partial charge < -0.3 is 10.4 Å². The lowest BCUT2D eigenvalue weighted by Crippen LogP contribution is -2.21. The number of hydrogen-bond donors (Lipinski definition) is 2. The van der Waals surface area contributed by atoms with Gasteiger partial charge in [0.25, 0.3) is 0 Å². The Morgan fingerprint density at radius 2 is 1.33 bits per heavy atom. The van der Waals surface area contributed by atoms with E-state index in [1.165, 1.54) is 32.4 Å². The van der Waals surface area contributed by atoms with Gasteiger partial charge in [0, 0.05) is 19.4 Å². The summed E-state index contributed by atoms with van der Waals surface area (Å²) in [6, 6.07) is 0. The summed E-state index contributed by atoms with van der Waals surface area (Å²) in [7, 11) is 1.94. The van der Waals surface area contributed by atoms with Gasteiger partial charge in [-0.05, 0) is 25.9 Å². The number of aromatic amines is 1. The SMILES string of the molecule is C1CCNCC1.CC.CC.Cn1cc[nH]1. The third-order valence-electron chi connectivity index (χ3n) is 1.78. The van der Waals surface area contributed by atoms with Crippen molar-refractivity contribution in [2.75, 3.05) is 13.1 Å². The van der Waals surface area contributed by atoms with E-state index in [2.05, 4.69) is 10.4 Å². The van der Waals surface area contributed by atoms with E-state index in [1.54, 1.807) is 0 Å². The Kier molecular flexibility index (Phi) is 17.6. The normalized spacial score (nSPS) is 13.4. The molecular weight excluding hydrogens is 186 g/mol. The summed E-state index contributed by atoms with van der Waals surface area (Å²) in [5.74, 6) is 0. The van der Waals surface area contributed by atoms with Crippen LogP contribution < -0.4 is 5.32 Å². The Balaban J connectivity index is 0. The number of piperidine rings is 1. The molecule has 0 atom stereocenters. The second-order valence-electron chi connectivity index (χ2n) is 2.87. The average molecular weight is 215 g/mol. The minimum Gasteiger partial charge on any atom is -0.317 e. The third kappa shape index (κ3) is 13.3. The van der Waals surface area contributed by atoms with E-state index in [0.29, 0.717) is 0 Å². The van der Waals surface area contributed by atoms with Crippen LogP contribution in [0, 0.1) is 0 Å². The minimum atomic E-state index is 1.25. The molecule has 1 fully saturated rings. The number of aromatic nitrogens is 2. The highest BCUT2D eigenvalue weighted by molar-refractivity contribution is 4.65. The number of nitrogens with one attached hydrogen (secondary N) is 2. The molecule has 1 aromatic heterocycles. The summed E-state index contributed by atoms with van der Waals surface area (Å²) < 4.78 is 1.88. The molecule has 15 heavy (non-hydrogen) atoms. The van der Waals surface area contributed by atoms with Crippen LogP contribution in [0.1, 0.15) is 47.0 Å². The van der Waals surface area contributed by atoms with Crippen LogP contribution in [-0.2, 0) is 7.05 Å². The van der Waals surface area contributed by atoms with Crippen LogP contribution in [0.2, 0.25) is 0 Å². The fraction of sp³-hybridized carbons (Fsp3) is 0.833. The van der Waals surface area contributed by atoms with Gasteiger partial charge >= 0.3 is 0 Å². The molecule has 2 rings (SSSR count). The Bertz CT molecular complexity index is 143. The first-order valence-electron chi connectivity index (χ1n) is 6.26. The van der Waals surface area contributed by atoms with Gasteiger partial charge in [-0.1, -0.05) is 34.1 Å². The molecule has 0 radical (unpaired) electrons. The standard InChI is InChI=1S/C5H11N.C3H6N2.2C2H6/c1-2-4-6-5-3-1;1-5-3-2-4-5;2*1-2/h6H,1-5H2;2-4H,1H3;2*1-2H3. The first kappa shape index (κ1) is 16.7. The number of nitrogens with zero attached hydrogens (tertiary/aromatic N) is 1. The van der Waals surface area contributed by atoms with Crippen LogP contribution in [0.5, 0.6) is 0 Å². The highest BCUT2D eigenvalue weighted by Crippen LogP contribution is 1.96. The Morgan fingerprint density at radius 3 is 1.40 bits per heavy atom. The fourth-order valence-corrected chi connectivity index (χ4v) is 1.03. The zero-order chi connectivity index (χ0) is 11.9. The number of aryl methyl sites for hydroxylation is 1. The first-order chi connectivity index (χ1) is 7.39. The van der Waals surface area contributed by atoms with E-state index in [0.717, 1.165) is 0 Å². The zero-order valence-corrected chi connectivity index (χ0v) is 11.1. The van der Waals surface area contributed by atoms with E-state index in [-0.39, 0.29) is 0 Å². The molecule has 92 valence electrons. The molecule has 0 aromatic carbocycles. The molecule has 3 nitrogen and oxygen atoms in total. The Labute approximate surface area is 95.2 Å². The average Bonchev–Trinajstić information content (AvgIpc) is 2.35. The van der Waals surface area contributed by atoms with E-state index >= 15 is 0 Å². The molecule has 0 unspecified atom stereocenters. The summed E-state index contributed by atoms with van der Waals surface area (Å²) in [4.78, 5) is 0. The van der Waals surface area contributed by atoms with Gasteiger partial charge in [-0.2, -0.15) is 0 Å². The monoisotopic (exact) mass is 215 g/mol. The van der Waals surface area contributed by atoms with Crippen molar-refractivity contribution in [1.29, 1.82) is 0 Å². The molecular formula is C12H29N3. The molecule has 1 aliphatic heterocycles. The van der Waals surface area contributed by atoms with Crippen LogP contribution in [0.4, 0.5) is 0 Å². The van der Waals surface area contributed by atoms with Crippen molar-refractivity contribution in [3.63, 3.8) is 0 Å². The maximum absolute atomic E-state index is 3.28. The molecule has 0 saturated carbocycles. The lowest BCUT2D eigenvalue weighted by atomic mass is 10.2. The van der Waals surface area contributed by atoms with E-state index in [9.17, 15) is 0 Å².